The number of aliphatic hydroxyl groups excluding tert-OH is 1. The van der Waals surface area contributed by atoms with Crippen LogP contribution in [0.15, 0.2) is 10.5 Å². The standard InChI is InChI=1S/C9H15NO2/c1-7-4-8(5-10(2)3)12-9(7)6-11/h4,11H,5-6H2,1-3H3. The summed E-state index contributed by atoms with van der Waals surface area (Å²) in [5, 5.41) is 8.86. The molecule has 0 saturated heterocycles. The van der Waals surface area contributed by atoms with E-state index in [0.717, 1.165) is 17.9 Å². The molecule has 1 rings (SSSR count). The van der Waals surface area contributed by atoms with Crippen LogP contribution >= 0.6 is 0 Å². The molecular formula is C9H15NO2. The van der Waals surface area contributed by atoms with E-state index in [1.807, 2.05) is 32.0 Å². The molecule has 1 heterocycles. The molecule has 1 aromatic heterocycles. The van der Waals surface area contributed by atoms with Crippen molar-refractivity contribution in [2.75, 3.05) is 14.1 Å². The Labute approximate surface area is 72.6 Å². The predicted octanol–water partition coefficient (Wildman–Crippen LogP) is 1.14. The van der Waals surface area contributed by atoms with Crippen LogP contribution in [0.5, 0.6) is 0 Å². The molecule has 0 spiro atoms. The number of aliphatic hydroxyl groups is 1. The molecule has 0 atom stereocenters. The summed E-state index contributed by atoms with van der Waals surface area (Å²) in [6, 6.07) is 1.96. The number of aryl methyl sites for hydroxylation is 1. The molecule has 0 amide bonds. The van der Waals surface area contributed by atoms with Crippen molar-refractivity contribution in [3.8, 4) is 0 Å². The Balaban J connectivity index is 2.75. The lowest BCUT2D eigenvalue weighted by Crippen LogP contribution is -2.09. The van der Waals surface area contributed by atoms with E-state index in [4.69, 9.17) is 9.52 Å². The van der Waals surface area contributed by atoms with Gasteiger partial charge in [0.2, 0.25) is 0 Å². The van der Waals surface area contributed by atoms with Gasteiger partial charge in [0, 0.05) is 0 Å². The number of rotatable bonds is 3. The highest BCUT2D eigenvalue weighted by atomic mass is 16.4. The van der Waals surface area contributed by atoms with Gasteiger partial charge in [-0.2, -0.15) is 0 Å². The summed E-state index contributed by atoms with van der Waals surface area (Å²) in [4.78, 5) is 2.03. The molecule has 0 radical (unpaired) electrons. The minimum absolute atomic E-state index is 0.0146. The first-order chi connectivity index (χ1) is 5.63. The molecule has 0 bridgehead atoms. The maximum Gasteiger partial charge on any atom is 0.132 e. The maximum absolute atomic E-state index is 8.86. The van der Waals surface area contributed by atoms with E-state index in [-0.39, 0.29) is 6.61 Å². The summed E-state index contributed by atoms with van der Waals surface area (Å²) in [5.74, 6) is 1.58. The normalized spacial score (nSPS) is 11.1. The highest BCUT2D eigenvalue weighted by Gasteiger charge is 2.06. The minimum atomic E-state index is -0.0146. The Morgan fingerprint density at radius 2 is 2.17 bits per heavy atom. The third-order valence-electron chi connectivity index (χ3n) is 1.69. The van der Waals surface area contributed by atoms with E-state index in [1.165, 1.54) is 0 Å². The molecule has 3 heteroatoms. The van der Waals surface area contributed by atoms with E-state index >= 15 is 0 Å². The Hall–Kier alpha value is -0.800. The highest BCUT2D eigenvalue weighted by Crippen LogP contribution is 2.15. The summed E-state index contributed by atoms with van der Waals surface area (Å²) in [6.45, 7) is 2.70. The SMILES string of the molecule is Cc1cc(CN(C)C)oc1CO. The van der Waals surface area contributed by atoms with Crippen LogP contribution in [0.1, 0.15) is 17.1 Å². The van der Waals surface area contributed by atoms with Gasteiger partial charge < -0.3 is 14.4 Å². The van der Waals surface area contributed by atoms with Crippen LogP contribution in [-0.2, 0) is 13.2 Å². The van der Waals surface area contributed by atoms with Crippen molar-refractivity contribution in [1.29, 1.82) is 0 Å². The van der Waals surface area contributed by atoms with Gasteiger partial charge in [0.1, 0.15) is 18.1 Å². The van der Waals surface area contributed by atoms with Gasteiger partial charge in [0.15, 0.2) is 0 Å². The topological polar surface area (TPSA) is 36.6 Å². The van der Waals surface area contributed by atoms with Gasteiger partial charge in [-0.05, 0) is 32.6 Å². The van der Waals surface area contributed by atoms with Gasteiger partial charge in [-0.3, -0.25) is 0 Å². The minimum Gasteiger partial charge on any atom is -0.462 e. The van der Waals surface area contributed by atoms with Gasteiger partial charge in [-0.15, -0.1) is 0 Å². The number of furan rings is 1. The van der Waals surface area contributed by atoms with Crippen molar-refractivity contribution in [3.05, 3.63) is 23.2 Å². The first-order valence-electron chi connectivity index (χ1n) is 3.97. The number of hydrogen-bond acceptors (Lipinski definition) is 3. The molecule has 1 aromatic rings. The van der Waals surface area contributed by atoms with E-state index in [1.54, 1.807) is 0 Å². The van der Waals surface area contributed by atoms with Crippen molar-refractivity contribution < 1.29 is 9.52 Å². The van der Waals surface area contributed by atoms with Crippen molar-refractivity contribution in [3.63, 3.8) is 0 Å². The summed E-state index contributed by atoms with van der Waals surface area (Å²) >= 11 is 0. The second-order valence-corrected chi connectivity index (χ2v) is 3.21. The lowest BCUT2D eigenvalue weighted by atomic mass is 10.3. The fourth-order valence-electron chi connectivity index (χ4n) is 1.14. The van der Waals surface area contributed by atoms with Crippen molar-refractivity contribution in [2.24, 2.45) is 0 Å². The molecule has 0 fully saturated rings. The molecular weight excluding hydrogens is 154 g/mol. The monoisotopic (exact) mass is 169 g/mol. The molecule has 0 aliphatic heterocycles. The van der Waals surface area contributed by atoms with Crippen LogP contribution in [0.25, 0.3) is 0 Å². The zero-order valence-electron chi connectivity index (χ0n) is 7.79. The molecule has 1 N–H and O–H groups in total. The number of hydrogen-bond donors (Lipinski definition) is 1. The fraction of sp³-hybridized carbons (Fsp3) is 0.556. The van der Waals surface area contributed by atoms with Crippen LogP contribution in [0, 0.1) is 6.92 Å². The van der Waals surface area contributed by atoms with Crippen LogP contribution in [0.2, 0.25) is 0 Å². The van der Waals surface area contributed by atoms with Crippen LogP contribution in [0.3, 0.4) is 0 Å². The van der Waals surface area contributed by atoms with Crippen LogP contribution in [0.4, 0.5) is 0 Å². The lowest BCUT2D eigenvalue weighted by Gasteiger charge is -2.05. The molecule has 0 aromatic carbocycles. The molecule has 0 saturated carbocycles. The largest absolute Gasteiger partial charge is 0.462 e. The number of nitrogens with zero attached hydrogens (tertiary/aromatic N) is 1. The molecule has 68 valence electrons. The average molecular weight is 169 g/mol. The zero-order chi connectivity index (χ0) is 9.14. The van der Waals surface area contributed by atoms with E-state index in [9.17, 15) is 0 Å². The summed E-state index contributed by atoms with van der Waals surface area (Å²) in [5.41, 5.74) is 1.02. The van der Waals surface area contributed by atoms with E-state index in [0.29, 0.717) is 5.76 Å². The Kier molecular flexibility index (Phi) is 2.89. The molecule has 0 aliphatic rings. The first-order valence-corrected chi connectivity index (χ1v) is 3.97. The average Bonchev–Trinajstić information content (AvgIpc) is 2.29. The summed E-state index contributed by atoms with van der Waals surface area (Å²) in [7, 11) is 3.97. The third-order valence-corrected chi connectivity index (χ3v) is 1.69. The Morgan fingerprint density at radius 1 is 1.50 bits per heavy atom. The molecule has 3 nitrogen and oxygen atoms in total. The first kappa shape index (κ1) is 9.29. The van der Waals surface area contributed by atoms with Crippen molar-refractivity contribution in [2.45, 2.75) is 20.1 Å². The van der Waals surface area contributed by atoms with Gasteiger partial charge in [0.05, 0.1) is 6.54 Å². The fourth-order valence-corrected chi connectivity index (χ4v) is 1.14. The maximum atomic E-state index is 8.86. The molecule has 0 unspecified atom stereocenters. The Morgan fingerprint density at radius 3 is 2.58 bits per heavy atom. The molecule has 12 heavy (non-hydrogen) atoms. The van der Waals surface area contributed by atoms with Gasteiger partial charge in [0.25, 0.3) is 0 Å². The van der Waals surface area contributed by atoms with E-state index < -0.39 is 0 Å². The quantitative estimate of drug-likeness (QED) is 0.737. The van der Waals surface area contributed by atoms with Crippen molar-refractivity contribution in [1.82, 2.24) is 4.90 Å². The zero-order valence-corrected chi connectivity index (χ0v) is 7.79. The predicted molar refractivity (Wildman–Crippen MR) is 46.8 cm³/mol. The second kappa shape index (κ2) is 3.74. The third kappa shape index (κ3) is 2.09. The molecule has 0 aliphatic carbocycles. The van der Waals surface area contributed by atoms with Gasteiger partial charge >= 0.3 is 0 Å². The Bertz CT molecular complexity index is 253. The van der Waals surface area contributed by atoms with Crippen molar-refractivity contribution >= 4 is 0 Å². The highest BCUT2D eigenvalue weighted by molar-refractivity contribution is 5.19. The second-order valence-electron chi connectivity index (χ2n) is 3.21. The van der Waals surface area contributed by atoms with Gasteiger partial charge in [-0.1, -0.05) is 0 Å². The van der Waals surface area contributed by atoms with Gasteiger partial charge in [-0.25, -0.2) is 0 Å². The lowest BCUT2D eigenvalue weighted by molar-refractivity contribution is 0.236. The summed E-state index contributed by atoms with van der Waals surface area (Å²) in [6.07, 6.45) is 0. The van der Waals surface area contributed by atoms with E-state index in [2.05, 4.69) is 0 Å². The smallest absolute Gasteiger partial charge is 0.132 e. The van der Waals surface area contributed by atoms with Crippen LogP contribution in [-0.4, -0.2) is 24.1 Å². The summed E-state index contributed by atoms with van der Waals surface area (Å²) < 4.78 is 5.38. The van der Waals surface area contributed by atoms with Crippen LogP contribution < -0.4 is 0 Å².